The molecule has 1 amide bonds. The van der Waals surface area contributed by atoms with Gasteiger partial charge in [0.25, 0.3) is 0 Å². The van der Waals surface area contributed by atoms with Crippen molar-refractivity contribution in [2.24, 2.45) is 0 Å². The first-order chi connectivity index (χ1) is 12.6. The van der Waals surface area contributed by atoms with Crippen LogP contribution in [0, 0.1) is 6.92 Å². The van der Waals surface area contributed by atoms with Crippen LogP contribution in [-0.2, 0) is 17.9 Å². The summed E-state index contributed by atoms with van der Waals surface area (Å²) in [7, 11) is 0. The monoisotopic (exact) mass is 352 g/mol. The molecule has 26 heavy (non-hydrogen) atoms. The highest BCUT2D eigenvalue weighted by Crippen LogP contribution is 2.22. The normalized spacial score (nSPS) is 10.9. The van der Waals surface area contributed by atoms with Crippen molar-refractivity contribution in [1.82, 2.24) is 25.1 Å². The number of benzene rings is 1. The van der Waals surface area contributed by atoms with E-state index in [4.69, 9.17) is 0 Å². The SMILES string of the molecule is CCN(CC)c1ncnc2c1cnn2CC(=O)NCc1ccc(C)cc1. The molecule has 136 valence electrons. The van der Waals surface area contributed by atoms with Crippen molar-refractivity contribution in [3.05, 3.63) is 47.9 Å². The lowest BCUT2D eigenvalue weighted by Crippen LogP contribution is -2.27. The minimum absolute atomic E-state index is 0.0985. The van der Waals surface area contributed by atoms with Gasteiger partial charge in [-0.05, 0) is 26.3 Å². The van der Waals surface area contributed by atoms with Crippen LogP contribution in [0.15, 0.2) is 36.8 Å². The Kier molecular flexibility index (Phi) is 5.46. The van der Waals surface area contributed by atoms with Crippen molar-refractivity contribution < 1.29 is 4.79 Å². The van der Waals surface area contributed by atoms with Crippen LogP contribution in [0.25, 0.3) is 11.0 Å². The summed E-state index contributed by atoms with van der Waals surface area (Å²) >= 11 is 0. The summed E-state index contributed by atoms with van der Waals surface area (Å²) in [6.07, 6.45) is 3.26. The molecular weight excluding hydrogens is 328 g/mol. The second-order valence-corrected chi connectivity index (χ2v) is 6.17. The molecule has 0 atom stereocenters. The van der Waals surface area contributed by atoms with Crippen LogP contribution in [0.1, 0.15) is 25.0 Å². The van der Waals surface area contributed by atoms with Gasteiger partial charge in [-0.3, -0.25) is 4.79 Å². The van der Waals surface area contributed by atoms with E-state index in [0.29, 0.717) is 12.2 Å². The third-order valence-corrected chi connectivity index (χ3v) is 4.38. The highest BCUT2D eigenvalue weighted by molar-refractivity contribution is 5.87. The Morgan fingerprint density at radius 1 is 1.15 bits per heavy atom. The number of carbonyl (C=O) groups excluding carboxylic acids is 1. The van der Waals surface area contributed by atoms with Crippen LogP contribution in [-0.4, -0.2) is 38.7 Å². The predicted octanol–water partition coefficient (Wildman–Crippen LogP) is 2.30. The van der Waals surface area contributed by atoms with E-state index in [-0.39, 0.29) is 12.5 Å². The Labute approximate surface area is 153 Å². The lowest BCUT2D eigenvalue weighted by molar-refractivity contribution is -0.121. The molecule has 0 aliphatic heterocycles. The van der Waals surface area contributed by atoms with Crippen LogP contribution in [0.2, 0.25) is 0 Å². The van der Waals surface area contributed by atoms with E-state index in [1.54, 1.807) is 10.9 Å². The summed E-state index contributed by atoms with van der Waals surface area (Å²) in [6, 6.07) is 8.10. The highest BCUT2D eigenvalue weighted by atomic mass is 16.2. The third-order valence-electron chi connectivity index (χ3n) is 4.38. The molecule has 7 heteroatoms. The second kappa shape index (κ2) is 7.95. The maximum absolute atomic E-state index is 12.3. The van der Waals surface area contributed by atoms with Crippen LogP contribution in [0.5, 0.6) is 0 Å². The summed E-state index contributed by atoms with van der Waals surface area (Å²) in [4.78, 5) is 23.1. The first-order valence-corrected chi connectivity index (χ1v) is 8.86. The Hall–Kier alpha value is -2.96. The van der Waals surface area contributed by atoms with Gasteiger partial charge in [0.15, 0.2) is 5.65 Å². The Morgan fingerprint density at radius 2 is 1.88 bits per heavy atom. The fraction of sp³-hybridized carbons (Fsp3) is 0.368. The number of rotatable bonds is 7. The molecule has 0 aliphatic carbocycles. The molecule has 0 spiro atoms. The van der Waals surface area contributed by atoms with Crippen molar-refractivity contribution in [3.63, 3.8) is 0 Å². The third kappa shape index (κ3) is 3.82. The van der Waals surface area contributed by atoms with Gasteiger partial charge in [0.1, 0.15) is 18.7 Å². The van der Waals surface area contributed by atoms with E-state index >= 15 is 0 Å². The molecule has 0 aliphatic rings. The molecule has 0 radical (unpaired) electrons. The number of aryl methyl sites for hydroxylation is 1. The fourth-order valence-electron chi connectivity index (χ4n) is 2.87. The standard InChI is InChI=1S/C19H24N6O/c1-4-24(5-2)18-16-11-23-25(19(16)22-13-21-18)12-17(26)20-10-15-8-6-14(3)7-9-15/h6-9,11,13H,4-5,10,12H2,1-3H3,(H,20,26). The first-order valence-electron chi connectivity index (χ1n) is 8.86. The number of aromatic nitrogens is 4. The van der Waals surface area contributed by atoms with Crippen molar-refractivity contribution in [1.29, 1.82) is 0 Å². The number of anilines is 1. The zero-order valence-electron chi connectivity index (χ0n) is 15.4. The number of fused-ring (bicyclic) bond motifs is 1. The number of amides is 1. The van der Waals surface area contributed by atoms with Crippen molar-refractivity contribution in [2.45, 2.75) is 33.9 Å². The van der Waals surface area contributed by atoms with E-state index in [0.717, 1.165) is 29.9 Å². The molecular formula is C19H24N6O. The van der Waals surface area contributed by atoms with Crippen LogP contribution in [0.4, 0.5) is 5.82 Å². The summed E-state index contributed by atoms with van der Waals surface area (Å²) < 4.78 is 1.62. The topological polar surface area (TPSA) is 75.9 Å². The van der Waals surface area contributed by atoms with Gasteiger partial charge in [0.2, 0.25) is 5.91 Å². The van der Waals surface area contributed by atoms with Gasteiger partial charge in [0.05, 0.1) is 11.6 Å². The van der Waals surface area contributed by atoms with E-state index < -0.39 is 0 Å². The first kappa shape index (κ1) is 17.8. The number of carbonyl (C=O) groups is 1. The summed E-state index contributed by atoms with van der Waals surface area (Å²) in [6.45, 7) is 8.54. The quantitative estimate of drug-likeness (QED) is 0.706. The van der Waals surface area contributed by atoms with Crippen LogP contribution >= 0.6 is 0 Å². The smallest absolute Gasteiger partial charge is 0.242 e. The van der Waals surface area contributed by atoms with Gasteiger partial charge in [-0.15, -0.1) is 0 Å². The largest absolute Gasteiger partial charge is 0.356 e. The number of hydrogen-bond acceptors (Lipinski definition) is 5. The van der Waals surface area contributed by atoms with Crippen molar-refractivity contribution in [2.75, 3.05) is 18.0 Å². The lowest BCUT2D eigenvalue weighted by Gasteiger charge is -2.19. The molecule has 2 aromatic heterocycles. The van der Waals surface area contributed by atoms with Gasteiger partial charge in [-0.2, -0.15) is 5.10 Å². The maximum atomic E-state index is 12.3. The molecule has 3 aromatic rings. The summed E-state index contributed by atoms with van der Waals surface area (Å²) in [5, 5.41) is 8.13. The van der Waals surface area contributed by atoms with Gasteiger partial charge in [0, 0.05) is 19.6 Å². The van der Waals surface area contributed by atoms with Gasteiger partial charge >= 0.3 is 0 Å². The average molecular weight is 352 g/mol. The minimum Gasteiger partial charge on any atom is -0.356 e. The van der Waals surface area contributed by atoms with Gasteiger partial charge < -0.3 is 10.2 Å². The van der Waals surface area contributed by atoms with E-state index in [1.165, 1.54) is 11.9 Å². The molecule has 0 saturated heterocycles. The second-order valence-electron chi connectivity index (χ2n) is 6.17. The molecule has 0 fully saturated rings. The van der Waals surface area contributed by atoms with Crippen LogP contribution < -0.4 is 10.2 Å². The number of hydrogen-bond donors (Lipinski definition) is 1. The molecule has 0 saturated carbocycles. The number of nitrogens with one attached hydrogen (secondary N) is 1. The Balaban J connectivity index is 1.71. The zero-order valence-corrected chi connectivity index (χ0v) is 15.4. The fourth-order valence-corrected chi connectivity index (χ4v) is 2.87. The summed E-state index contributed by atoms with van der Waals surface area (Å²) in [5.41, 5.74) is 2.94. The molecule has 1 N–H and O–H groups in total. The van der Waals surface area contributed by atoms with Crippen LogP contribution in [0.3, 0.4) is 0 Å². The molecule has 0 unspecified atom stereocenters. The van der Waals surface area contributed by atoms with E-state index in [9.17, 15) is 4.79 Å². The van der Waals surface area contributed by atoms with Crippen molar-refractivity contribution >= 4 is 22.8 Å². The lowest BCUT2D eigenvalue weighted by atomic mass is 10.1. The molecule has 3 rings (SSSR count). The molecule has 2 heterocycles. The predicted molar refractivity (Wildman–Crippen MR) is 102 cm³/mol. The minimum atomic E-state index is -0.0985. The maximum Gasteiger partial charge on any atom is 0.242 e. The molecule has 0 bridgehead atoms. The summed E-state index contributed by atoms with van der Waals surface area (Å²) in [5.74, 6) is 0.755. The van der Waals surface area contributed by atoms with Crippen molar-refractivity contribution in [3.8, 4) is 0 Å². The molecule has 7 nitrogen and oxygen atoms in total. The zero-order chi connectivity index (χ0) is 18.5. The van der Waals surface area contributed by atoms with E-state index in [2.05, 4.69) is 39.1 Å². The Bertz CT molecular complexity index is 883. The number of nitrogens with zero attached hydrogens (tertiary/aromatic N) is 5. The Morgan fingerprint density at radius 3 is 2.58 bits per heavy atom. The average Bonchev–Trinajstić information content (AvgIpc) is 3.06. The van der Waals surface area contributed by atoms with Gasteiger partial charge in [-0.25, -0.2) is 14.6 Å². The highest BCUT2D eigenvalue weighted by Gasteiger charge is 2.15. The van der Waals surface area contributed by atoms with E-state index in [1.807, 2.05) is 31.2 Å². The van der Waals surface area contributed by atoms with Gasteiger partial charge in [-0.1, -0.05) is 29.8 Å². The molecule has 1 aromatic carbocycles.